The molecule has 0 bridgehead atoms. The minimum atomic E-state index is 0.328. The maximum absolute atomic E-state index is 6.25. The van der Waals surface area contributed by atoms with E-state index in [-0.39, 0.29) is 0 Å². The summed E-state index contributed by atoms with van der Waals surface area (Å²) >= 11 is 0. The van der Waals surface area contributed by atoms with Gasteiger partial charge in [0.25, 0.3) is 0 Å². The van der Waals surface area contributed by atoms with Crippen molar-refractivity contribution < 1.29 is 0 Å². The molecule has 0 radical (unpaired) electrons. The van der Waals surface area contributed by atoms with E-state index in [2.05, 4.69) is 25.7 Å². The third-order valence-electron chi connectivity index (χ3n) is 6.21. The molecule has 2 fully saturated rings. The molecule has 1 saturated heterocycles. The summed E-state index contributed by atoms with van der Waals surface area (Å²) in [6, 6.07) is 0. The zero-order valence-corrected chi connectivity index (χ0v) is 13.3. The predicted molar refractivity (Wildman–Crippen MR) is 83.2 cm³/mol. The summed E-state index contributed by atoms with van der Waals surface area (Å²) in [7, 11) is 0. The Morgan fingerprint density at radius 3 is 2.53 bits per heavy atom. The van der Waals surface area contributed by atoms with Crippen LogP contribution in [0.3, 0.4) is 0 Å². The summed E-state index contributed by atoms with van der Waals surface area (Å²) in [6.07, 6.45) is 9.57. The largest absolute Gasteiger partial charge is 0.329 e. The van der Waals surface area contributed by atoms with E-state index >= 15 is 0 Å². The normalized spacial score (nSPS) is 42.0. The fourth-order valence-corrected chi connectivity index (χ4v) is 4.33. The van der Waals surface area contributed by atoms with E-state index in [1.165, 1.54) is 58.0 Å². The van der Waals surface area contributed by atoms with Crippen LogP contribution in [0.25, 0.3) is 0 Å². The molecule has 2 nitrogen and oxygen atoms in total. The molecule has 19 heavy (non-hydrogen) atoms. The lowest BCUT2D eigenvalue weighted by atomic mass is 9.70. The van der Waals surface area contributed by atoms with Crippen molar-refractivity contribution in [3.05, 3.63) is 0 Å². The number of hydrogen-bond donors (Lipinski definition) is 1. The molecule has 0 aromatic heterocycles. The molecule has 1 aliphatic heterocycles. The molecule has 0 aromatic rings. The highest BCUT2D eigenvalue weighted by Crippen LogP contribution is 2.40. The number of rotatable bonds is 3. The zero-order valence-electron chi connectivity index (χ0n) is 13.3. The number of nitrogens with two attached hydrogens (primary N) is 1. The van der Waals surface area contributed by atoms with Crippen molar-refractivity contribution in [1.29, 1.82) is 0 Å². The minimum Gasteiger partial charge on any atom is -0.329 e. The van der Waals surface area contributed by atoms with E-state index in [1.807, 2.05) is 0 Å². The Balaban J connectivity index is 2.04. The van der Waals surface area contributed by atoms with Gasteiger partial charge in [-0.25, -0.2) is 0 Å². The molecule has 1 saturated carbocycles. The summed E-state index contributed by atoms with van der Waals surface area (Å²) in [5.74, 6) is 2.68. The fraction of sp³-hybridized carbons (Fsp3) is 1.00. The van der Waals surface area contributed by atoms with Gasteiger partial charge in [-0.1, -0.05) is 27.2 Å². The van der Waals surface area contributed by atoms with Crippen LogP contribution in [0.1, 0.15) is 65.7 Å². The van der Waals surface area contributed by atoms with Gasteiger partial charge in [-0.2, -0.15) is 0 Å². The first-order valence-electron chi connectivity index (χ1n) is 8.56. The van der Waals surface area contributed by atoms with Crippen LogP contribution in [-0.2, 0) is 0 Å². The second-order valence-electron chi connectivity index (χ2n) is 7.32. The SMILES string of the molecule is CCC1CCCN(C2(CN)CCC(C)C(C)C2)CC1. The number of likely N-dealkylation sites (tertiary alicyclic amines) is 1. The van der Waals surface area contributed by atoms with Gasteiger partial charge in [0.1, 0.15) is 0 Å². The Bertz CT molecular complexity index is 278. The average Bonchev–Trinajstić information content (AvgIpc) is 2.68. The van der Waals surface area contributed by atoms with Crippen molar-refractivity contribution in [3.63, 3.8) is 0 Å². The van der Waals surface area contributed by atoms with Crippen molar-refractivity contribution in [2.75, 3.05) is 19.6 Å². The first-order valence-corrected chi connectivity index (χ1v) is 8.56. The van der Waals surface area contributed by atoms with E-state index in [0.717, 1.165) is 24.3 Å². The molecule has 2 rings (SSSR count). The molecule has 0 spiro atoms. The van der Waals surface area contributed by atoms with Gasteiger partial charge >= 0.3 is 0 Å². The molecule has 4 atom stereocenters. The summed E-state index contributed by atoms with van der Waals surface area (Å²) in [5.41, 5.74) is 6.58. The first kappa shape index (κ1) is 15.3. The smallest absolute Gasteiger partial charge is 0.0334 e. The molecule has 2 N–H and O–H groups in total. The van der Waals surface area contributed by atoms with Crippen molar-refractivity contribution >= 4 is 0 Å². The van der Waals surface area contributed by atoms with Crippen molar-refractivity contribution in [2.24, 2.45) is 23.5 Å². The van der Waals surface area contributed by atoms with Crippen LogP contribution in [0.15, 0.2) is 0 Å². The standard InChI is InChI=1S/C17H34N2/c1-4-16-6-5-10-19(11-8-16)17(13-18)9-7-14(2)15(3)12-17/h14-16H,4-13,18H2,1-3H3. The van der Waals surface area contributed by atoms with Gasteiger partial charge < -0.3 is 5.73 Å². The summed E-state index contributed by atoms with van der Waals surface area (Å²) in [4.78, 5) is 2.78. The van der Waals surface area contributed by atoms with Crippen molar-refractivity contribution in [2.45, 2.75) is 71.3 Å². The van der Waals surface area contributed by atoms with Crippen LogP contribution < -0.4 is 5.73 Å². The summed E-state index contributed by atoms with van der Waals surface area (Å²) < 4.78 is 0. The van der Waals surface area contributed by atoms with Crippen LogP contribution in [-0.4, -0.2) is 30.1 Å². The predicted octanol–water partition coefficient (Wildman–Crippen LogP) is 3.65. The highest BCUT2D eigenvalue weighted by molar-refractivity contribution is 4.98. The van der Waals surface area contributed by atoms with Crippen molar-refractivity contribution in [1.82, 2.24) is 4.90 Å². The highest BCUT2D eigenvalue weighted by Gasteiger charge is 2.41. The van der Waals surface area contributed by atoms with E-state index in [0.29, 0.717) is 5.54 Å². The Hall–Kier alpha value is -0.0800. The first-order chi connectivity index (χ1) is 9.11. The summed E-state index contributed by atoms with van der Waals surface area (Å²) in [5, 5.41) is 0. The molecule has 1 heterocycles. The second kappa shape index (κ2) is 6.58. The Morgan fingerprint density at radius 1 is 1.11 bits per heavy atom. The lowest BCUT2D eigenvalue weighted by molar-refractivity contribution is 0.0228. The molecule has 2 aliphatic rings. The van der Waals surface area contributed by atoms with E-state index < -0.39 is 0 Å². The number of nitrogens with zero attached hydrogens (tertiary/aromatic N) is 1. The van der Waals surface area contributed by atoms with Gasteiger partial charge in [-0.15, -0.1) is 0 Å². The topological polar surface area (TPSA) is 29.3 Å². The fourth-order valence-electron chi connectivity index (χ4n) is 4.33. The van der Waals surface area contributed by atoms with Crippen LogP contribution in [0, 0.1) is 17.8 Å². The van der Waals surface area contributed by atoms with Crippen molar-refractivity contribution in [3.8, 4) is 0 Å². The van der Waals surface area contributed by atoms with E-state index in [9.17, 15) is 0 Å². The molecule has 0 aromatic carbocycles. The lowest BCUT2D eigenvalue weighted by Gasteiger charge is -2.49. The van der Waals surface area contributed by atoms with Crippen LogP contribution in [0.4, 0.5) is 0 Å². The van der Waals surface area contributed by atoms with Gasteiger partial charge in [0.05, 0.1) is 0 Å². The quantitative estimate of drug-likeness (QED) is 0.845. The van der Waals surface area contributed by atoms with Gasteiger partial charge in [-0.3, -0.25) is 4.90 Å². The van der Waals surface area contributed by atoms with Gasteiger partial charge in [0.15, 0.2) is 0 Å². The van der Waals surface area contributed by atoms with Crippen LogP contribution >= 0.6 is 0 Å². The Labute approximate surface area is 120 Å². The maximum Gasteiger partial charge on any atom is 0.0334 e. The third kappa shape index (κ3) is 3.33. The number of hydrogen-bond acceptors (Lipinski definition) is 2. The van der Waals surface area contributed by atoms with Crippen LogP contribution in [0.2, 0.25) is 0 Å². The highest BCUT2D eigenvalue weighted by atomic mass is 15.2. The zero-order chi connectivity index (χ0) is 13.9. The second-order valence-corrected chi connectivity index (χ2v) is 7.32. The molecule has 4 unspecified atom stereocenters. The molecular weight excluding hydrogens is 232 g/mol. The van der Waals surface area contributed by atoms with Gasteiger partial charge in [0.2, 0.25) is 0 Å². The Kier molecular flexibility index (Phi) is 5.30. The molecule has 1 aliphatic carbocycles. The van der Waals surface area contributed by atoms with Gasteiger partial charge in [0, 0.05) is 12.1 Å². The Morgan fingerprint density at radius 2 is 1.89 bits per heavy atom. The third-order valence-corrected chi connectivity index (χ3v) is 6.21. The maximum atomic E-state index is 6.25. The monoisotopic (exact) mass is 266 g/mol. The summed E-state index contributed by atoms with van der Waals surface area (Å²) in [6.45, 7) is 10.6. The van der Waals surface area contributed by atoms with E-state index in [1.54, 1.807) is 0 Å². The molecular formula is C17H34N2. The van der Waals surface area contributed by atoms with Crippen LogP contribution in [0.5, 0.6) is 0 Å². The molecule has 112 valence electrons. The van der Waals surface area contributed by atoms with E-state index in [4.69, 9.17) is 5.73 Å². The minimum absolute atomic E-state index is 0.328. The molecule has 2 heteroatoms. The lowest BCUT2D eigenvalue weighted by Crippen LogP contribution is -2.57. The molecule has 0 amide bonds. The van der Waals surface area contributed by atoms with Gasteiger partial charge in [-0.05, 0) is 69.4 Å². The average molecular weight is 266 g/mol.